The van der Waals surface area contributed by atoms with Crippen LogP contribution in [0.1, 0.15) is 31.7 Å². The molecule has 1 aromatic rings. The van der Waals surface area contributed by atoms with Crippen molar-refractivity contribution in [3.8, 4) is 0 Å². The van der Waals surface area contributed by atoms with Gasteiger partial charge in [-0.15, -0.1) is 6.58 Å². The fourth-order valence-corrected chi connectivity index (χ4v) is 1.57. The molecular weight excluding hydrogens is 190 g/mol. The van der Waals surface area contributed by atoms with E-state index in [2.05, 4.69) is 13.5 Å². The molecule has 0 aliphatic rings. The largest absolute Gasteiger partial charge is 0.269 e. The SMILES string of the molecule is C=C(C)CC(C)c1ccc([N+](=O)[O-])cc1. The predicted molar refractivity (Wildman–Crippen MR) is 60.9 cm³/mol. The van der Waals surface area contributed by atoms with Crippen molar-refractivity contribution in [2.45, 2.75) is 26.2 Å². The van der Waals surface area contributed by atoms with E-state index in [4.69, 9.17) is 0 Å². The first-order valence-corrected chi connectivity index (χ1v) is 4.89. The molecule has 0 radical (unpaired) electrons. The van der Waals surface area contributed by atoms with Crippen molar-refractivity contribution in [3.05, 3.63) is 52.1 Å². The summed E-state index contributed by atoms with van der Waals surface area (Å²) in [5.74, 6) is 0.364. The molecule has 80 valence electrons. The van der Waals surface area contributed by atoms with Gasteiger partial charge in [0.05, 0.1) is 4.92 Å². The minimum Gasteiger partial charge on any atom is -0.258 e. The summed E-state index contributed by atoms with van der Waals surface area (Å²) in [5, 5.41) is 10.5. The Balaban J connectivity index is 2.79. The number of nitro groups is 1. The molecule has 0 saturated carbocycles. The minimum atomic E-state index is -0.382. The summed E-state index contributed by atoms with van der Waals surface area (Å²) in [5.41, 5.74) is 2.38. The predicted octanol–water partition coefficient (Wildman–Crippen LogP) is 3.66. The van der Waals surface area contributed by atoms with Gasteiger partial charge in [0.25, 0.3) is 5.69 Å². The third kappa shape index (κ3) is 3.20. The Bertz CT molecular complexity index is 368. The lowest BCUT2D eigenvalue weighted by Gasteiger charge is -2.10. The molecule has 0 amide bonds. The fourth-order valence-electron chi connectivity index (χ4n) is 1.57. The molecule has 3 heteroatoms. The molecule has 1 unspecified atom stereocenters. The van der Waals surface area contributed by atoms with Crippen LogP contribution in [0.4, 0.5) is 5.69 Å². The van der Waals surface area contributed by atoms with Gasteiger partial charge >= 0.3 is 0 Å². The molecule has 1 aromatic carbocycles. The molecule has 3 nitrogen and oxygen atoms in total. The molecule has 0 bridgehead atoms. The minimum absolute atomic E-state index is 0.140. The topological polar surface area (TPSA) is 43.1 Å². The lowest BCUT2D eigenvalue weighted by atomic mass is 9.95. The van der Waals surface area contributed by atoms with Gasteiger partial charge in [0.15, 0.2) is 0 Å². The van der Waals surface area contributed by atoms with Crippen molar-refractivity contribution < 1.29 is 4.92 Å². The van der Waals surface area contributed by atoms with Crippen molar-refractivity contribution in [2.24, 2.45) is 0 Å². The summed E-state index contributed by atoms with van der Waals surface area (Å²) in [4.78, 5) is 10.1. The van der Waals surface area contributed by atoms with Crippen molar-refractivity contribution >= 4 is 5.69 Å². The normalized spacial score (nSPS) is 12.1. The highest BCUT2D eigenvalue weighted by Gasteiger charge is 2.08. The van der Waals surface area contributed by atoms with Crippen LogP contribution in [0.25, 0.3) is 0 Å². The maximum Gasteiger partial charge on any atom is 0.269 e. The zero-order valence-corrected chi connectivity index (χ0v) is 9.06. The van der Waals surface area contributed by atoms with E-state index in [9.17, 15) is 10.1 Å². The molecule has 0 aliphatic carbocycles. The van der Waals surface area contributed by atoms with Gasteiger partial charge in [-0.2, -0.15) is 0 Å². The molecule has 0 heterocycles. The van der Waals surface area contributed by atoms with Gasteiger partial charge in [0.1, 0.15) is 0 Å². The molecule has 1 atom stereocenters. The van der Waals surface area contributed by atoms with E-state index in [1.54, 1.807) is 12.1 Å². The standard InChI is InChI=1S/C12H15NO2/c1-9(2)8-10(3)11-4-6-12(7-5-11)13(14)15/h4-7,10H,1,8H2,2-3H3. The Morgan fingerprint density at radius 2 is 2.00 bits per heavy atom. The van der Waals surface area contributed by atoms with E-state index in [1.807, 2.05) is 19.1 Å². The number of nitrogens with zero attached hydrogens (tertiary/aromatic N) is 1. The number of hydrogen-bond acceptors (Lipinski definition) is 2. The average molecular weight is 205 g/mol. The molecule has 0 spiro atoms. The van der Waals surface area contributed by atoms with Gasteiger partial charge in [-0.3, -0.25) is 10.1 Å². The Morgan fingerprint density at radius 1 is 1.47 bits per heavy atom. The highest BCUT2D eigenvalue weighted by Crippen LogP contribution is 2.24. The number of hydrogen-bond donors (Lipinski definition) is 0. The second kappa shape index (κ2) is 4.73. The van der Waals surface area contributed by atoms with Gasteiger partial charge in [-0.25, -0.2) is 0 Å². The smallest absolute Gasteiger partial charge is 0.258 e. The van der Waals surface area contributed by atoms with Crippen LogP contribution >= 0.6 is 0 Å². The van der Waals surface area contributed by atoms with Crippen LogP contribution in [-0.4, -0.2) is 4.92 Å². The first kappa shape index (κ1) is 11.4. The Hall–Kier alpha value is -1.64. The van der Waals surface area contributed by atoms with Gasteiger partial charge in [0.2, 0.25) is 0 Å². The van der Waals surface area contributed by atoms with Gasteiger partial charge < -0.3 is 0 Å². The summed E-state index contributed by atoms with van der Waals surface area (Å²) in [6.07, 6.45) is 0.914. The van der Waals surface area contributed by atoms with Crippen LogP contribution in [0.5, 0.6) is 0 Å². The lowest BCUT2D eigenvalue weighted by molar-refractivity contribution is -0.384. The molecule has 0 fully saturated rings. The van der Waals surface area contributed by atoms with Crippen molar-refractivity contribution in [1.29, 1.82) is 0 Å². The highest BCUT2D eigenvalue weighted by atomic mass is 16.6. The number of nitro benzene ring substituents is 1. The molecule has 0 saturated heterocycles. The van der Waals surface area contributed by atoms with E-state index in [0.29, 0.717) is 5.92 Å². The number of rotatable bonds is 4. The maximum atomic E-state index is 10.5. The van der Waals surface area contributed by atoms with Crippen LogP contribution < -0.4 is 0 Å². The second-order valence-electron chi connectivity index (χ2n) is 3.91. The van der Waals surface area contributed by atoms with E-state index in [1.165, 1.54) is 0 Å². The summed E-state index contributed by atoms with van der Waals surface area (Å²) >= 11 is 0. The molecule has 1 rings (SSSR count). The summed E-state index contributed by atoms with van der Waals surface area (Å²) in [6, 6.07) is 6.71. The zero-order valence-electron chi connectivity index (χ0n) is 9.06. The molecule has 0 N–H and O–H groups in total. The van der Waals surface area contributed by atoms with Crippen molar-refractivity contribution in [1.82, 2.24) is 0 Å². The van der Waals surface area contributed by atoms with Crippen molar-refractivity contribution in [2.75, 3.05) is 0 Å². The third-order valence-corrected chi connectivity index (χ3v) is 2.33. The third-order valence-electron chi connectivity index (χ3n) is 2.33. The molecular formula is C12H15NO2. The quantitative estimate of drug-likeness (QED) is 0.427. The number of benzene rings is 1. The van der Waals surface area contributed by atoms with E-state index < -0.39 is 0 Å². The monoisotopic (exact) mass is 205 g/mol. The first-order valence-electron chi connectivity index (χ1n) is 4.89. The van der Waals surface area contributed by atoms with Crippen LogP contribution in [0.2, 0.25) is 0 Å². The summed E-state index contributed by atoms with van der Waals surface area (Å²) < 4.78 is 0. The van der Waals surface area contributed by atoms with Gasteiger partial charge in [0, 0.05) is 12.1 Å². The Labute approximate surface area is 89.6 Å². The van der Waals surface area contributed by atoms with Crippen LogP contribution in [-0.2, 0) is 0 Å². The van der Waals surface area contributed by atoms with E-state index >= 15 is 0 Å². The summed E-state index contributed by atoms with van der Waals surface area (Å²) in [7, 11) is 0. The van der Waals surface area contributed by atoms with Gasteiger partial charge in [-0.1, -0.05) is 24.6 Å². The zero-order chi connectivity index (χ0) is 11.4. The van der Waals surface area contributed by atoms with Crippen LogP contribution in [0.3, 0.4) is 0 Å². The van der Waals surface area contributed by atoms with E-state index in [-0.39, 0.29) is 10.6 Å². The fraction of sp³-hybridized carbons (Fsp3) is 0.333. The Kier molecular flexibility index (Phi) is 3.61. The molecule has 0 aromatic heterocycles. The van der Waals surface area contributed by atoms with Crippen LogP contribution in [0.15, 0.2) is 36.4 Å². The highest BCUT2D eigenvalue weighted by molar-refractivity contribution is 5.34. The maximum absolute atomic E-state index is 10.5. The average Bonchev–Trinajstić information content (AvgIpc) is 2.17. The summed E-state index contributed by atoms with van der Waals surface area (Å²) in [6.45, 7) is 7.94. The molecule has 15 heavy (non-hydrogen) atoms. The number of allylic oxidation sites excluding steroid dienone is 1. The first-order chi connectivity index (χ1) is 7.00. The number of non-ortho nitro benzene ring substituents is 1. The van der Waals surface area contributed by atoms with Crippen LogP contribution in [0, 0.1) is 10.1 Å². The van der Waals surface area contributed by atoms with E-state index in [0.717, 1.165) is 17.6 Å². The molecule has 0 aliphatic heterocycles. The Morgan fingerprint density at radius 3 is 2.40 bits per heavy atom. The lowest BCUT2D eigenvalue weighted by Crippen LogP contribution is -1.95. The second-order valence-corrected chi connectivity index (χ2v) is 3.91. The van der Waals surface area contributed by atoms with Gasteiger partial charge in [-0.05, 0) is 24.8 Å². The van der Waals surface area contributed by atoms with Crippen molar-refractivity contribution in [3.63, 3.8) is 0 Å².